The van der Waals surface area contributed by atoms with Gasteiger partial charge < -0.3 is 10.0 Å². The van der Waals surface area contributed by atoms with E-state index in [0.29, 0.717) is 0 Å². The maximum atomic E-state index is 10.0. The smallest absolute Gasteiger partial charge is 0.0932 e. The lowest BCUT2D eigenvalue weighted by Crippen LogP contribution is -2.34. The van der Waals surface area contributed by atoms with Crippen LogP contribution in [0, 0.1) is 5.92 Å². The van der Waals surface area contributed by atoms with E-state index < -0.39 is 0 Å². The summed E-state index contributed by atoms with van der Waals surface area (Å²) in [7, 11) is 0. The van der Waals surface area contributed by atoms with Crippen molar-refractivity contribution in [1.29, 1.82) is 0 Å². The summed E-state index contributed by atoms with van der Waals surface area (Å²) in [6.45, 7) is 5.67. The molecule has 1 unspecified atom stereocenters. The topological polar surface area (TPSA) is 23.5 Å². The van der Waals surface area contributed by atoms with Gasteiger partial charge in [-0.1, -0.05) is 18.5 Å². The number of hydrogen-bond acceptors (Lipinski definition) is 3. The number of hydrogen-bond donors (Lipinski definition) is 1. The fraction of sp³-hybridized carbons (Fsp3) is 0.692. The summed E-state index contributed by atoms with van der Waals surface area (Å²) >= 11 is 7.35. The van der Waals surface area contributed by atoms with Gasteiger partial charge >= 0.3 is 0 Å². The third-order valence-corrected chi connectivity index (χ3v) is 4.85. The van der Waals surface area contributed by atoms with E-state index in [-0.39, 0.29) is 6.10 Å². The minimum atomic E-state index is -0.355. The van der Waals surface area contributed by atoms with Crippen molar-refractivity contribution in [3.63, 3.8) is 0 Å². The maximum Gasteiger partial charge on any atom is 0.0932 e. The summed E-state index contributed by atoms with van der Waals surface area (Å²) in [5.74, 6) is 0.868. The van der Waals surface area contributed by atoms with Gasteiger partial charge in [-0.3, -0.25) is 0 Å². The Hall–Kier alpha value is -0.0900. The van der Waals surface area contributed by atoms with Crippen LogP contribution in [-0.4, -0.2) is 29.6 Å². The minimum absolute atomic E-state index is 0.355. The molecule has 0 amide bonds. The molecule has 1 aliphatic heterocycles. The fourth-order valence-electron chi connectivity index (χ4n) is 2.24. The molecule has 1 aromatic rings. The molecular formula is C13H20ClNOS. The number of halogens is 1. The molecule has 2 nitrogen and oxygen atoms in total. The lowest BCUT2D eigenvalue weighted by atomic mass is 9.99. The van der Waals surface area contributed by atoms with E-state index in [9.17, 15) is 5.11 Å². The monoisotopic (exact) mass is 273 g/mol. The van der Waals surface area contributed by atoms with Gasteiger partial charge in [0.05, 0.1) is 10.4 Å². The van der Waals surface area contributed by atoms with E-state index in [1.54, 1.807) is 0 Å². The molecule has 0 bridgehead atoms. The number of aliphatic hydroxyl groups is 1. The molecule has 17 heavy (non-hydrogen) atoms. The second kappa shape index (κ2) is 6.19. The zero-order valence-electron chi connectivity index (χ0n) is 10.2. The lowest BCUT2D eigenvalue weighted by Gasteiger charge is -2.30. The average Bonchev–Trinajstić information content (AvgIpc) is 2.75. The standard InChI is InChI=1S/C13H20ClNOS/c1-10-4-7-15(8-5-10)9-6-11(16)12-2-3-13(14)17-12/h2-3,10-11,16H,4-9H2,1H3. The largest absolute Gasteiger partial charge is 0.388 e. The molecular weight excluding hydrogens is 254 g/mol. The van der Waals surface area contributed by atoms with E-state index in [4.69, 9.17) is 11.6 Å². The molecule has 96 valence electrons. The van der Waals surface area contributed by atoms with Crippen LogP contribution in [-0.2, 0) is 0 Å². The molecule has 0 aliphatic carbocycles. The van der Waals surface area contributed by atoms with Crippen LogP contribution >= 0.6 is 22.9 Å². The molecule has 0 radical (unpaired) electrons. The molecule has 1 aromatic heterocycles. The third kappa shape index (κ3) is 3.95. The summed E-state index contributed by atoms with van der Waals surface area (Å²) in [4.78, 5) is 3.44. The van der Waals surface area contributed by atoms with Crippen LogP contribution in [0.25, 0.3) is 0 Å². The first-order valence-electron chi connectivity index (χ1n) is 6.31. The Morgan fingerprint density at radius 3 is 2.76 bits per heavy atom. The highest BCUT2D eigenvalue weighted by molar-refractivity contribution is 7.16. The minimum Gasteiger partial charge on any atom is -0.388 e. The van der Waals surface area contributed by atoms with Crippen molar-refractivity contribution in [3.8, 4) is 0 Å². The molecule has 2 rings (SSSR count). The zero-order valence-corrected chi connectivity index (χ0v) is 11.8. The number of nitrogens with zero attached hydrogens (tertiary/aromatic N) is 1. The van der Waals surface area contributed by atoms with Crippen molar-refractivity contribution in [2.24, 2.45) is 5.92 Å². The third-order valence-electron chi connectivity index (χ3n) is 3.52. The van der Waals surface area contributed by atoms with Gasteiger partial charge in [0.2, 0.25) is 0 Å². The van der Waals surface area contributed by atoms with Gasteiger partial charge in [-0.15, -0.1) is 11.3 Å². The van der Waals surface area contributed by atoms with Crippen molar-refractivity contribution in [2.75, 3.05) is 19.6 Å². The molecule has 2 heterocycles. The van der Waals surface area contributed by atoms with Crippen molar-refractivity contribution >= 4 is 22.9 Å². The Labute approximate surface area is 112 Å². The summed E-state index contributed by atoms with van der Waals surface area (Å²) in [5, 5.41) is 10.0. The van der Waals surface area contributed by atoms with Gasteiger partial charge in [-0.25, -0.2) is 0 Å². The summed E-state index contributed by atoms with van der Waals surface area (Å²) in [5.41, 5.74) is 0. The predicted octanol–water partition coefficient (Wildman–Crippen LogP) is 3.56. The number of piperidine rings is 1. The second-order valence-electron chi connectivity index (χ2n) is 4.97. The van der Waals surface area contributed by atoms with Crippen molar-refractivity contribution in [3.05, 3.63) is 21.3 Å². The number of rotatable bonds is 4. The first-order valence-corrected chi connectivity index (χ1v) is 7.50. The fourth-order valence-corrected chi connectivity index (χ4v) is 3.32. The molecule has 1 aliphatic rings. The van der Waals surface area contributed by atoms with Crippen LogP contribution in [0.15, 0.2) is 12.1 Å². The Kier molecular flexibility index (Phi) is 4.86. The van der Waals surface area contributed by atoms with E-state index in [2.05, 4.69) is 11.8 Å². The quantitative estimate of drug-likeness (QED) is 0.907. The summed E-state index contributed by atoms with van der Waals surface area (Å²) in [6.07, 6.45) is 3.04. The van der Waals surface area contributed by atoms with Crippen LogP contribution in [0.2, 0.25) is 4.34 Å². The Bertz CT molecular complexity index is 347. The summed E-state index contributed by atoms with van der Waals surface area (Å²) < 4.78 is 0.755. The van der Waals surface area contributed by atoms with Gasteiger partial charge in [0, 0.05) is 11.4 Å². The summed E-state index contributed by atoms with van der Waals surface area (Å²) in [6, 6.07) is 3.78. The zero-order chi connectivity index (χ0) is 12.3. The van der Waals surface area contributed by atoms with Crippen molar-refractivity contribution in [2.45, 2.75) is 32.3 Å². The molecule has 1 fully saturated rings. The van der Waals surface area contributed by atoms with E-state index in [1.807, 2.05) is 12.1 Å². The molecule has 4 heteroatoms. The molecule has 0 spiro atoms. The van der Waals surface area contributed by atoms with Crippen LogP contribution < -0.4 is 0 Å². The number of likely N-dealkylation sites (tertiary alicyclic amines) is 1. The van der Waals surface area contributed by atoms with Crippen LogP contribution in [0.3, 0.4) is 0 Å². The van der Waals surface area contributed by atoms with Gasteiger partial charge in [0.25, 0.3) is 0 Å². The van der Waals surface area contributed by atoms with Crippen molar-refractivity contribution in [1.82, 2.24) is 4.90 Å². The highest BCUT2D eigenvalue weighted by atomic mass is 35.5. The van der Waals surface area contributed by atoms with E-state index in [1.165, 1.54) is 37.3 Å². The molecule has 0 aromatic carbocycles. The van der Waals surface area contributed by atoms with Crippen LogP contribution in [0.1, 0.15) is 37.2 Å². The average molecular weight is 274 g/mol. The van der Waals surface area contributed by atoms with Gasteiger partial charge in [0.1, 0.15) is 0 Å². The normalized spacial score (nSPS) is 20.6. The SMILES string of the molecule is CC1CCN(CCC(O)c2ccc(Cl)s2)CC1. The predicted molar refractivity (Wildman–Crippen MR) is 73.7 cm³/mol. The number of aliphatic hydroxyl groups excluding tert-OH is 1. The Balaban J connectivity index is 1.74. The molecule has 1 atom stereocenters. The highest BCUT2D eigenvalue weighted by Crippen LogP contribution is 2.29. The van der Waals surface area contributed by atoms with Gasteiger partial charge in [-0.05, 0) is 50.4 Å². The first kappa shape index (κ1) is 13.3. The molecule has 1 saturated heterocycles. The number of thiophene rings is 1. The second-order valence-corrected chi connectivity index (χ2v) is 6.72. The van der Waals surface area contributed by atoms with Gasteiger partial charge in [0.15, 0.2) is 0 Å². The van der Waals surface area contributed by atoms with E-state index >= 15 is 0 Å². The Morgan fingerprint density at radius 2 is 2.18 bits per heavy atom. The van der Waals surface area contributed by atoms with Crippen LogP contribution in [0.4, 0.5) is 0 Å². The van der Waals surface area contributed by atoms with E-state index in [0.717, 1.165) is 28.1 Å². The van der Waals surface area contributed by atoms with Crippen molar-refractivity contribution < 1.29 is 5.11 Å². The molecule has 1 N–H and O–H groups in total. The van der Waals surface area contributed by atoms with Gasteiger partial charge in [-0.2, -0.15) is 0 Å². The lowest BCUT2D eigenvalue weighted by molar-refractivity contribution is 0.127. The first-order chi connectivity index (χ1) is 8.15. The maximum absolute atomic E-state index is 10.0. The van der Waals surface area contributed by atoms with Crippen LogP contribution in [0.5, 0.6) is 0 Å². The molecule has 0 saturated carbocycles. The highest BCUT2D eigenvalue weighted by Gasteiger charge is 2.17. The Morgan fingerprint density at radius 1 is 1.47 bits per heavy atom.